The van der Waals surface area contributed by atoms with Crippen LogP contribution < -0.4 is 5.32 Å². The van der Waals surface area contributed by atoms with E-state index in [4.69, 9.17) is 0 Å². The minimum Gasteiger partial charge on any atom is -0.354 e. The molecule has 1 saturated carbocycles. The SMILES string of the molecule is CC(C)CNC(=O)CN1C(=O)N(C)C2(CCC(C)CC2)C1=O. The van der Waals surface area contributed by atoms with Crippen molar-refractivity contribution < 1.29 is 14.4 Å². The van der Waals surface area contributed by atoms with Crippen LogP contribution in [0.25, 0.3) is 0 Å². The number of hydrogen-bond donors (Lipinski definition) is 1. The van der Waals surface area contributed by atoms with Crippen molar-refractivity contribution in [2.75, 3.05) is 20.1 Å². The lowest BCUT2D eigenvalue weighted by Gasteiger charge is -2.38. The standard InChI is InChI=1S/C16H27N3O3/c1-11(2)9-17-13(20)10-19-14(21)16(18(4)15(19)22)7-5-12(3)6-8-16/h11-12H,5-10H2,1-4H3,(H,17,20). The van der Waals surface area contributed by atoms with Crippen molar-refractivity contribution >= 4 is 17.8 Å². The van der Waals surface area contributed by atoms with Gasteiger partial charge in [0, 0.05) is 13.6 Å². The van der Waals surface area contributed by atoms with E-state index in [0.29, 0.717) is 31.2 Å². The molecule has 1 N–H and O–H groups in total. The van der Waals surface area contributed by atoms with Crippen LogP contribution in [-0.2, 0) is 9.59 Å². The van der Waals surface area contributed by atoms with Gasteiger partial charge in [-0.2, -0.15) is 0 Å². The molecule has 1 aliphatic heterocycles. The third-order valence-electron chi connectivity index (χ3n) is 4.91. The molecule has 0 aromatic carbocycles. The highest BCUT2D eigenvalue weighted by Crippen LogP contribution is 2.41. The number of nitrogens with zero attached hydrogens (tertiary/aromatic N) is 2. The van der Waals surface area contributed by atoms with Crippen molar-refractivity contribution in [3.8, 4) is 0 Å². The van der Waals surface area contributed by atoms with Gasteiger partial charge in [0.1, 0.15) is 12.1 Å². The summed E-state index contributed by atoms with van der Waals surface area (Å²) in [6.07, 6.45) is 3.27. The van der Waals surface area contributed by atoms with Gasteiger partial charge in [-0.25, -0.2) is 4.79 Å². The Morgan fingerprint density at radius 2 is 1.91 bits per heavy atom. The van der Waals surface area contributed by atoms with Gasteiger partial charge in [-0.3, -0.25) is 14.5 Å². The minimum absolute atomic E-state index is 0.175. The molecule has 0 radical (unpaired) electrons. The van der Waals surface area contributed by atoms with E-state index in [0.717, 1.165) is 17.7 Å². The summed E-state index contributed by atoms with van der Waals surface area (Å²) >= 11 is 0. The van der Waals surface area contributed by atoms with Crippen LogP contribution in [0, 0.1) is 11.8 Å². The Balaban J connectivity index is 2.06. The number of amides is 4. The second-order valence-electron chi connectivity index (χ2n) is 7.14. The molecule has 1 aliphatic carbocycles. The monoisotopic (exact) mass is 309 g/mol. The normalized spacial score (nSPS) is 28.9. The molecular formula is C16H27N3O3. The van der Waals surface area contributed by atoms with E-state index in [-0.39, 0.29) is 24.4 Å². The van der Waals surface area contributed by atoms with Crippen molar-refractivity contribution in [2.45, 2.75) is 52.0 Å². The van der Waals surface area contributed by atoms with E-state index in [9.17, 15) is 14.4 Å². The number of nitrogens with one attached hydrogen (secondary N) is 1. The van der Waals surface area contributed by atoms with Gasteiger partial charge >= 0.3 is 6.03 Å². The summed E-state index contributed by atoms with van der Waals surface area (Å²) in [5, 5.41) is 2.76. The predicted octanol–water partition coefficient (Wildman–Crippen LogP) is 1.60. The number of carbonyl (C=O) groups excluding carboxylic acids is 3. The number of hydrogen-bond acceptors (Lipinski definition) is 3. The fraction of sp³-hybridized carbons (Fsp3) is 0.812. The van der Waals surface area contributed by atoms with Crippen LogP contribution in [0.3, 0.4) is 0 Å². The Morgan fingerprint density at radius 1 is 1.32 bits per heavy atom. The van der Waals surface area contributed by atoms with Gasteiger partial charge in [0.25, 0.3) is 5.91 Å². The van der Waals surface area contributed by atoms with Crippen molar-refractivity contribution in [3.63, 3.8) is 0 Å². The van der Waals surface area contributed by atoms with Crippen molar-refractivity contribution in [2.24, 2.45) is 11.8 Å². The summed E-state index contributed by atoms with van der Waals surface area (Å²) in [4.78, 5) is 39.8. The number of urea groups is 1. The smallest absolute Gasteiger partial charge is 0.327 e. The highest BCUT2D eigenvalue weighted by atomic mass is 16.2. The third-order valence-corrected chi connectivity index (χ3v) is 4.91. The molecule has 6 heteroatoms. The van der Waals surface area contributed by atoms with Crippen LogP contribution >= 0.6 is 0 Å². The molecule has 0 aromatic rings. The Labute approximate surface area is 132 Å². The summed E-state index contributed by atoms with van der Waals surface area (Å²) in [5.41, 5.74) is -0.720. The zero-order chi connectivity index (χ0) is 16.5. The summed E-state index contributed by atoms with van der Waals surface area (Å²) in [6.45, 7) is 6.54. The highest BCUT2D eigenvalue weighted by molar-refractivity contribution is 6.08. The molecule has 2 aliphatic rings. The maximum Gasteiger partial charge on any atom is 0.327 e. The minimum atomic E-state index is -0.720. The predicted molar refractivity (Wildman–Crippen MR) is 83.1 cm³/mol. The molecule has 2 rings (SSSR count). The average molecular weight is 309 g/mol. The van der Waals surface area contributed by atoms with Gasteiger partial charge in [-0.05, 0) is 37.5 Å². The maximum atomic E-state index is 12.8. The molecule has 2 fully saturated rings. The summed E-state index contributed by atoms with van der Waals surface area (Å²) in [7, 11) is 1.68. The number of rotatable bonds is 4. The molecule has 4 amide bonds. The van der Waals surface area contributed by atoms with Crippen LogP contribution in [0.4, 0.5) is 4.79 Å². The zero-order valence-electron chi connectivity index (χ0n) is 14.0. The van der Waals surface area contributed by atoms with Crippen LogP contribution in [0.15, 0.2) is 0 Å². The summed E-state index contributed by atoms with van der Waals surface area (Å²) in [5.74, 6) is 0.449. The Kier molecular flexibility index (Phi) is 4.78. The first-order chi connectivity index (χ1) is 10.3. The zero-order valence-corrected chi connectivity index (χ0v) is 14.0. The lowest BCUT2D eigenvalue weighted by molar-refractivity contribution is -0.137. The molecule has 1 heterocycles. The van der Waals surface area contributed by atoms with E-state index >= 15 is 0 Å². The second kappa shape index (κ2) is 6.26. The maximum absolute atomic E-state index is 12.8. The first kappa shape index (κ1) is 16.8. The first-order valence-electron chi connectivity index (χ1n) is 8.14. The summed E-state index contributed by atoms with van der Waals surface area (Å²) < 4.78 is 0. The average Bonchev–Trinajstić information content (AvgIpc) is 2.64. The van der Waals surface area contributed by atoms with E-state index in [2.05, 4.69) is 12.2 Å². The van der Waals surface area contributed by atoms with Gasteiger partial charge in [0.05, 0.1) is 0 Å². The Hall–Kier alpha value is -1.59. The van der Waals surface area contributed by atoms with E-state index in [1.165, 1.54) is 0 Å². The van der Waals surface area contributed by atoms with Gasteiger partial charge in [-0.1, -0.05) is 20.8 Å². The molecule has 6 nitrogen and oxygen atoms in total. The largest absolute Gasteiger partial charge is 0.354 e. The van der Waals surface area contributed by atoms with Gasteiger partial charge in [0.2, 0.25) is 5.91 Å². The van der Waals surface area contributed by atoms with E-state index < -0.39 is 5.54 Å². The lowest BCUT2D eigenvalue weighted by Crippen LogP contribution is -2.50. The van der Waals surface area contributed by atoms with Crippen molar-refractivity contribution in [1.29, 1.82) is 0 Å². The van der Waals surface area contributed by atoms with E-state index in [1.54, 1.807) is 11.9 Å². The quantitative estimate of drug-likeness (QED) is 0.802. The molecule has 0 atom stereocenters. The second-order valence-corrected chi connectivity index (χ2v) is 7.14. The van der Waals surface area contributed by atoms with Crippen molar-refractivity contribution in [1.82, 2.24) is 15.1 Å². The van der Waals surface area contributed by atoms with Gasteiger partial charge < -0.3 is 10.2 Å². The van der Waals surface area contributed by atoms with E-state index in [1.807, 2.05) is 13.8 Å². The van der Waals surface area contributed by atoms with Gasteiger partial charge in [0.15, 0.2) is 0 Å². The molecular weight excluding hydrogens is 282 g/mol. The fourth-order valence-electron chi connectivity index (χ4n) is 3.29. The number of likely N-dealkylation sites (N-methyl/N-ethyl adjacent to an activating group) is 1. The molecule has 0 aromatic heterocycles. The molecule has 1 saturated heterocycles. The first-order valence-corrected chi connectivity index (χ1v) is 8.14. The summed E-state index contributed by atoms with van der Waals surface area (Å²) in [6, 6.07) is -0.348. The van der Waals surface area contributed by atoms with Crippen molar-refractivity contribution in [3.05, 3.63) is 0 Å². The Morgan fingerprint density at radius 3 is 2.45 bits per heavy atom. The number of imide groups is 1. The molecule has 1 spiro atoms. The van der Waals surface area contributed by atoms with Gasteiger partial charge in [-0.15, -0.1) is 0 Å². The highest BCUT2D eigenvalue weighted by Gasteiger charge is 2.56. The van der Waals surface area contributed by atoms with Crippen LogP contribution in [0.1, 0.15) is 46.5 Å². The van der Waals surface area contributed by atoms with Crippen LogP contribution in [0.5, 0.6) is 0 Å². The Bertz CT molecular complexity index is 467. The number of carbonyl (C=O) groups is 3. The van der Waals surface area contributed by atoms with Crippen LogP contribution in [-0.4, -0.2) is 53.3 Å². The molecule has 124 valence electrons. The molecule has 0 bridgehead atoms. The fourth-order valence-corrected chi connectivity index (χ4v) is 3.29. The van der Waals surface area contributed by atoms with Crippen LogP contribution in [0.2, 0.25) is 0 Å². The lowest BCUT2D eigenvalue weighted by atomic mass is 9.76. The third kappa shape index (κ3) is 2.96. The molecule has 22 heavy (non-hydrogen) atoms. The topological polar surface area (TPSA) is 69.7 Å². The molecule has 0 unspecified atom stereocenters.